The maximum Gasteiger partial charge on any atom is 0.252 e. The van der Waals surface area contributed by atoms with Crippen LogP contribution in [0.1, 0.15) is 32.1 Å². The first-order chi connectivity index (χ1) is 46.1. The summed E-state index contributed by atoms with van der Waals surface area (Å²) in [6.45, 7) is -0.179. The predicted molar refractivity (Wildman–Crippen MR) is 388 cm³/mol. The first kappa shape index (κ1) is 52.7. The van der Waals surface area contributed by atoms with Crippen LogP contribution in [0.3, 0.4) is 0 Å². The first-order valence-electron chi connectivity index (χ1n) is 33.2. The second kappa shape index (κ2) is 20.7. The smallest absolute Gasteiger partial charge is 0.252 e. The Hall–Kier alpha value is -11.1. The molecule has 0 unspecified atom stereocenters. The van der Waals surface area contributed by atoms with E-state index >= 15 is 0 Å². The Morgan fingerprint density at radius 1 is 0.280 bits per heavy atom. The fourth-order valence-electron chi connectivity index (χ4n) is 17.7. The van der Waals surface area contributed by atoms with E-state index < -0.39 is 0 Å². The maximum atomic E-state index is 6.67. The number of anilines is 7. The number of rotatable bonds is 9. The lowest BCUT2D eigenvalue weighted by Crippen LogP contribution is -2.62. The average molecular weight is 1190 g/mol. The van der Waals surface area contributed by atoms with Crippen molar-refractivity contribution in [2.75, 3.05) is 14.7 Å². The van der Waals surface area contributed by atoms with Gasteiger partial charge in [0.2, 0.25) is 0 Å². The number of fused-ring (bicyclic) bond motifs is 10. The molecule has 2 saturated heterocycles. The highest BCUT2D eigenvalue weighted by Gasteiger charge is 2.50. The molecule has 440 valence electrons. The van der Waals surface area contributed by atoms with Gasteiger partial charge in [-0.15, -0.1) is 0 Å². The summed E-state index contributed by atoms with van der Waals surface area (Å²) in [6, 6.07) is 110. The van der Waals surface area contributed by atoms with E-state index in [0.29, 0.717) is 12.1 Å². The van der Waals surface area contributed by atoms with E-state index in [1.807, 2.05) is 0 Å². The van der Waals surface area contributed by atoms with Gasteiger partial charge >= 0.3 is 0 Å². The fourth-order valence-corrected chi connectivity index (χ4v) is 17.7. The van der Waals surface area contributed by atoms with Crippen molar-refractivity contribution in [3.63, 3.8) is 0 Å². The molecule has 6 heteroatoms. The summed E-state index contributed by atoms with van der Waals surface area (Å²) in [6.07, 6.45) is 6.33. The molecule has 15 aromatic rings. The highest BCUT2D eigenvalue weighted by Crippen LogP contribution is 2.57. The van der Waals surface area contributed by atoms with Crippen LogP contribution in [0, 0.1) is 11.8 Å². The lowest BCUT2D eigenvalue weighted by atomic mass is 9.33. The summed E-state index contributed by atoms with van der Waals surface area (Å²) < 4.78 is 13.3. The molecule has 4 bridgehead atoms. The maximum absolute atomic E-state index is 6.67. The summed E-state index contributed by atoms with van der Waals surface area (Å²) in [5, 5.41) is 4.50. The molecule has 2 saturated carbocycles. The predicted octanol–water partition coefficient (Wildman–Crippen LogP) is 21.3. The van der Waals surface area contributed by atoms with Gasteiger partial charge in [-0.1, -0.05) is 231 Å². The minimum atomic E-state index is -0.179. The van der Waals surface area contributed by atoms with Crippen LogP contribution in [0.15, 0.2) is 300 Å². The highest BCUT2D eigenvalue weighted by atomic mass is 16.3. The summed E-state index contributed by atoms with van der Waals surface area (Å²) in [5.74, 6) is 1.56. The van der Waals surface area contributed by atoms with Gasteiger partial charge in [0.05, 0.1) is 11.4 Å². The fraction of sp³-hybridized carbons (Fsp3) is 0.103. The molecule has 6 aliphatic rings. The monoisotopic (exact) mass is 1190 g/mol. The van der Waals surface area contributed by atoms with Gasteiger partial charge in [-0.05, 0) is 165 Å². The van der Waals surface area contributed by atoms with Gasteiger partial charge in [-0.2, -0.15) is 0 Å². The van der Waals surface area contributed by atoms with Gasteiger partial charge in [-0.25, -0.2) is 0 Å². The second-order valence-electron chi connectivity index (χ2n) is 26.7. The Morgan fingerprint density at radius 3 is 1.04 bits per heavy atom. The Balaban J connectivity index is 0.924. The number of benzene rings is 13. The molecule has 0 spiro atoms. The molecule has 4 fully saturated rings. The van der Waals surface area contributed by atoms with Crippen molar-refractivity contribution in [3.8, 4) is 66.8 Å². The van der Waals surface area contributed by atoms with E-state index in [4.69, 9.17) is 8.83 Å². The number of hydrogen-bond donors (Lipinski definition) is 0. The van der Waals surface area contributed by atoms with Gasteiger partial charge in [-0.3, -0.25) is 0 Å². The Bertz CT molecular complexity index is 5040. The van der Waals surface area contributed by atoms with Crippen LogP contribution in [-0.2, 0) is 0 Å². The molecule has 4 aliphatic heterocycles. The molecule has 6 heterocycles. The number of hydrogen-bond acceptors (Lipinski definition) is 5. The third-order valence-corrected chi connectivity index (χ3v) is 21.5. The molecule has 0 amide bonds. The zero-order chi connectivity index (χ0) is 60.8. The van der Waals surface area contributed by atoms with E-state index in [-0.39, 0.29) is 6.71 Å². The molecular weight excluding hydrogens is 1130 g/mol. The molecule has 0 N–H and O–H groups in total. The summed E-state index contributed by atoms with van der Waals surface area (Å²) in [5.41, 5.74) is 29.5. The quantitative estimate of drug-likeness (QED) is 0.135. The van der Waals surface area contributed by atoms with Crippen molar-refractivity contribution in [2.24, 2.45) is 11.8 Å². The van der Waals surface area contributed by atoms with Gasteiger partial charge in [0, 0.05) is 84.3 Å². The molecule has 2 aromatic heterocycles. The third-order valence-electron chi connectivity index (χ3n) is 21.5. The van der Waals surface area contributed by atoms with Crippen molar-refractivity contribution in [3.05, 3.63) is 291 Å². The second-order valence-corrected chi connectivity index (χ2v) is 26.7. The number of piperidine rings is 2. The zero-order valence-electron chi connectivity index (χ0n) is 51.3. The van der Waals surface area contributed by atoms with Crippen LogP contribution in [0.4, 0.5) is 39.8 Å². The van der Waals surface area contributed by atoms with E-state index in [1.165, 1.54) is 110 Å². The topological polar surface area (TPSA) is 36.0 Å². The van der Waals surface area contributed by atoms with Crippen molar-refractivity contribution in [2.45, 2.75) is 44.2 Å². The highest BCUT2D eigenvalue weighted by molar-refractivity contribution is 7.00. The molecule has 21 rings (SSSR count). The van der Waals surface area contributed by atoms with Crippen LogP contribution in [0.2, 0.25) is 0 Å². The molecule has 5 nitrogen and oxygen atoms in total. The summed E-state index contributed by atoms with van der Waals surface area (Å²) in [4.78, 5) is 8.38. The molecule has 0 atom stereocenters. The van der Waals surface area contributed by atoms with Crippen LogP contribution in [0.5, 0.6) is 0 Å². The van der Waals surface area contributed by atoms with Crippen molar-refractivity contribution < 1.29 is 8.83 Å². The lowest BCUT2D eigenvalue weighted by molar-refractivity contribution is 0.0900. The van der Waals surface area contributed by atoms with Gasteiger partial charge in [0.25, 0.3) is 6.71 Å². The van der Waals surface area contributed by atoms with Crippen LogP contribution in [-0.4, -0.2) is 18.8 Å². The minimum absolute atomic E-state index is 0.179. The lowest BCUT2D eigenvalue weighted by Gasteiger charge is -2.58. The molecule has 2 aliphatic carbocycles. The Kier molecular flexibility index (Phi) is 11.7. The number of para-hydroxylation sites is 4. The minimum Gasteiger partial charge on any atom is -0.456 e. The van der Waals surface area contributed by atoms with Crippen LogP contribution in [0.25, 0.3) is 111 Å². The molecule has 0 radical (unpaired) electrons. The Morgan fingerprint density at radius 2 is 0.634 bits per heavy atom. The SMILES string of the molecule is c1ccc(-c2cccc(-c3ccccc3)c2N2c3cc(-c4ccc5c(c4)oc4ccccc45)ccc3B3c4ccc(-c5ccc6c(c5)oc5ccccc56)cc4N(c4c(-c5ccccc5)cccc4-c4ccccc4)c4cc(N5C6CC7CC(C6)CC5C7)cc2c43)cc1. The number of furan rings is 2. The third kappa shape index (κ3) is 8.27. The summed E-state index contributed by atoms with van der Waals surface area (Å²) >= 11 is 0. The largest absolute Gasteiger partial charge is 0.456 e. The Labute approximate surface area is 541 Å². The van der Waals surface area contributed by atoms with E-state index in [0.717, 1.165) is 101 Å². The van der Waals surface area contributed by atoms with Gasteiger partial charge < -0.3 is 23.5 Å². The standard InChI is InChI=1S/C87H62BN3O2/c1-5-19-56(20-6-1)67-29-17-30-68(57-21-7-2-8-22-57)86(67)90-77-48-60(62-35-39-73-71-27-13-15-33-81(71)92-83(73)50-62)37-41-75(77)88-76-42-38-61(63-36-40-74-72-28-14-16-34-82(72)93-84(74)51-63)49-78(76)91(87-69(58-23-9-3-10-24-58)31-18-32-70(87)59-25-11-4-12-26-59)80-53-66(52-79(90)85(80)88)89-64-44-54-43-55(46-64)47-65(89)45-54/h1-42,48-55,64-65H,43-47H2. The zero-order valence-corrected chi connectivity index (χ0v) is 51.3. The van der Waals surface area contributed by atoms with E-state index in [9.17, 15) is 0 Å². The van der Waals surface area contributed by atoms with E-state index in [2.05, 4.69) is 306 Å². The van der Waals surface area contributed by atoms with E-state index in [1.54, 1.807) is 0 Å². The van der Waals surface area contributed by atoms with Gasteiger partial charge in [0.15, 0.2) is 0 Å². The van der Waals surface area contributed by atoms with Crippen LogP contribution >= 0.6 is 0 Å². The first-order valence-corrected chi connectivity index (χ1v) is 33.2. The summed E-state index contributed by atoms with van der Waals surface area (Å²) in [7, 11) is 0. The number of nitrogens with zero attached hydrogens (tertiary/aromatic N) is 3. The molecule has 13 aromatic carbocycles. The molecule has 93 heavy (non-hydrogen) atoms. The van der Waals surface area contributed by atoms with Crippen molar-refractivity contribution >= 4 is 107 Å². The van der Waals surface area contributed by atoms with Crippen molar-refractivity contribution in [1.29, 1.82) is 0 Å². The van der Waals surface area contributed by atoms with Crippen LogP contribution < -0.4 is 31.1 Å². The average Bonchev–Trinajstić information content (AvgIpc) is 1.30. The van der Waals surface area contributed by atoms with Gasteiger partial charge in [0.1, 0.15) is 22.3 Å². The van der Waals surface area contributed by atoms with Crippen molar-refractivity contribution in [1.82, 2.24) is 0 Å². The normalized spacial score (nSPS) is 17.6. The molecular formula is C87H62BN3O2.